The number of likely N-dealkylation sites (tertiary alicyclic amines) is 1. The van der Waals surface area contributed by atoms with Gasteiger partial charge in [-0.25, -0.2) is 9.97 Å². The third-order valence-electron chi connectivity index (χ3n) is 3.60. The van der Waals surface area contributed by atoms with Crippen LogP contribution in [0, 0.1) is 6.92 Å². The number of likely N-dealkylation sites (N-methyl/N-ethyl adjacent to an activating group) is 2. The number of hydrogen-bond acceptors (Lipinski definition) is 5. The maximum absolute atomic E-state index is 5.66. The Hall–Kier alpha value is -1.20. The van der Waals surface area contributed by atoms with Crippen LogP contribution in [-0.2, 0) is 6.54 Å². The minimum absolute atomic E-state index is 0.466. The van der Waals surface area contributed by atoms with E-state index < -0.39 is 0 Å². The quantitative estimate of drug-likeness (QED) is 0.854. The number of nitrogens with two attached hydrogens (primary N) is 1. The number of nitrogens with zero attached hydrogens (tertiary/aromatic N) is 4. The topological polar surface area (TPSA) is 58.3 Å². The van der Waals surface area contributed by atoms with Crippen molar-refractivity contribution in [3.05, 3.63) is 17.5 Å². The predicted molar refractivity (Wildman–Crippen MR) is 73.6 cm³/mol. The summed E-state index contributed by atoms with van der Waals surface area (Å²) in [5.41, 5.74) is 7.54. The lowest BCUT2D eigenvalue weighted by Crippen LogP contribution is -2.37. The first-order chi connectivity index (χ1) is 8.60. The van der Waals surface area contributed by atoms with Crippen molar-refractivity contribution >= 4 is 5.95 Å². The molecule has 0 aromatic carbocycles. The van der Waals surface area contributed by atoms with Gasteiger partial charge in [-0.3, -0.25) is 0 Å². The van der Waals surface area contributed by atoms with E-state index in [0.717, 1.165) is 23.9 Å². The zero-order chi connectivity index (χ0) is 13.1. The fourth-order valence-electron chi connectivity index (χ4n) is 2.50. The average molecular weight is 249 g/mol. The van der Waals surface area contributed by atoms with Crippen molar-refractivity contribution < 1.29 is 0 Å². The molecule has 1 atom stereocenters. The molecule has 2 N–H and O–H groups in total. The molecule has 1 unspecified atom stereocenters. The van der Waals surface area contributed by atoms with Gasteiger partial charge in [0.1, 0.15) is 0 Å². The highest BCUT2D eigenvalue weighted by Gasteiger charge is 2.23. The van der Waals surface area contributed by atoms with E-state index in [2.05, 4.69) is 33.9 Å². The van der Waals surface area contributed by atoms with Crippen LogP contribution in [0.4, 0.5) is 5.95 Å². The summed E-state index contributed by atoms with van der Waals surface area (Å²) < 4.78 is 0. The van der Waals surface area contributed by atoms with E-state index in [1.165, 1.54) is 19.4 Å². The van der Waals surface area contributed by atoms with Crippen LogP contribution in [0.25, 0.3) is 0 Å². The molecule has 18 heavy (non-hydrogen) atoms. The standard InChI is InChI=1S/C13H23N5/c1-10-7-11(8-14)16-13(15-10)18(3)9-12-5-4-6-17(12)2/h7,12H,4-6,8-9,14H2,1-3H3. The van der Waals surface area contributed by atoms with Crippen molar-refractivity contribution in [3.63, 3.8) is 0 Å². The second kappa shape index (κ2) is 5.63. The summed E-state index contributed by atoms with van der Waals surface area (Å²) in [7, 11) is 4.25. The second-order valence-corrected chi connectivity index (χ2v) is 5.16. The molecule has 0 bridgehead atoms. The Morgan fingerprint density at radius 1 is 1.50 bits per heavy atom. The molecule has 1 fully saturated rings. The maximum atomic E-state index is 5.66. The molecule has 100 valence electrons. The van der Waals surface area contributed by atoms with Crippen molar-refractivity contribution in [2.75, 3.05) is 32.1 Å². The first-order valence-electron chi connectivity index (χ1n) is 6.56. The van der Waals surface area contributed by atoms with Gasteiger partial charge in [-0.1, -0.05) is 0 Å². The fraction of sp³-hybridized carbons (Fsp3) is 0.692. The summed E-state index contributed by atoms with van der Waals surface area (Å²) in [6.45, 7) is 4.62. The summed E-state index contributed by atoms with van der Waals surface area (Å²) in [6.07, 6.45) is 2.55. The molecule has 5 nitrogen and oxygen atoms in total. The molecule has 1 aromatic rings. The number of hydrogen-bond donors (Lipinski definition) is 1. The van der Waals surface area contributed by atoms with E-state index in [1.54, 1.807) is 0 Å². The van der Waals surface area contributed by atoms with Gasteiger partial charge in [0.2, 0.25) is 5.95 Å². The van der Waals surface area contributed by atoms with Crippen LogP contribution < -0.4 is 10.6 Å². The van der Waals surface area contributed by atoms with Gasteiger partial charge in [-0.2, -0.15) is 0 Å². The van der Waals surface area contributed by atoms with Crippen LogP contribution >= 0.6 is 0 Å². The Labute approximate surface area is 109 Å². The van der Waals surface area contributed by atoms with Gasteiger partial charge >= 0.3 is 0 Å². The molecule has 0 spiro atoms. The van der Waals surface area contributed by atoms with Gasteiger partial charge in [-0.05, 0) is 39.4 Å². The van der Waals surface area contributed by atoms with Crippen LogP contribution in [0.3, 0.4) is 0 Å². The zero-order valence-electron chi connectivity index (χ0n) is 11.6. The first-order valence-corrected chi connectivity index (χ1v) is 6.56. The molecule has 1 aliphatic rings. The minimum Gasteiger partial charge on any atom is -0.342 e. The summed E-state index contributed by atoms with van der Waals surface area (Å²) in [5, 5.41) is 0. The van der Waals surface area contributed by atoms with Crippen LogP contribution in [0.1, 0.15) is 24.2 Å². The van der Waals surface area contributed by atoms with Crippen molar-refractivity contribution in [2.45, 2.75) is 32.4 Å². The van der Waals surface area contributed by atoms with E-state index in [1.807, 2.05) is 13.0 Å². The lowest BCUT2D eigenvalue weighted by molar-refractivity contribution is 0.313. The van der Waals surface area contributed by atoms with Gasteiger partial charge in [-0.15, -0.1) is 0 Å². The normalized spacial score (nSPS) is 20.3. The lowest BCUT2D eigenvalue weighted by atomic mass is 10.2. The third-order valence-corrected chi connectivity index (χ3v) is 3.60. The predicted octanol–water partition coefficient (Wildman–Crippen LogP) is 0.774. The minimum atomic E-state index is 0.466. The van der Waals surface area contributed by atoms with Crippen LogP contribution in [0.5, 0.6) is 0 Å². The summed E-state index contributed by atoms with van der Waals surface area (Å²) in [4.78, 5) is 13.5. The molecule has 2 heterocycles. The molecule has 1 saturated heterocycles. The van der Waals surface area contributed by atoms with Crippen molar-refractivity contribution in [1.82, 2.24) is 14.9 Å². The number of anilines is 1. The van der Waals surface area contributed by atoms with Gasteiger partial charge in [0.15, 0.2) is 0 Å². The van der Waals surface area contributed by atoms with E-state index in [9.17, 15) is 0 Å². The van der Waals surface area contributed by atoms with Crippen molar-refractivity contribution in [2.24, 2.45) is 5.73 Å². The molecule has 1 aromatic heterocycles. The molecule has 0 saturated carbocycles. The summed E-state index contributed by atoms with van der Waals surface area (Å²) in [6, 6.07) is 2.56. The van der Waals surface area contributed by atoms with Crippen LogP contribution in [0.2, 0.25) is 0 Å². The Balaban J connectivity index is 2.08. The van der Waals surface area contributed by atoms with E-state index in [4.69, 9.17) is 5.73 Å². The number of rotatable bonds is 4. The molecule has 2 rings (SSSR count). The van der Waals surface area contributed by atoms with Gasteiger partial charge in [0.05, 0.1) is 5.69 Å². The summed E-state index contributed by atoms with van der Waals surface area (Å²) >= 11 is 0. The largest absolute Gasteiger partial charge is 0.342 e. The molecule has 0 aliphatic carbocycles. The van der Waals surface area contributed by atoms with E-state index >= 15 is 0 Å². The average Bonchev–Trinajstić information content (AvgIpc) is 2.74. The van der Waals surface area contributed by atoms with E-state index in [0.29, 0.717) is 12.6 Å². The smallest absolute Gasteiger partial charge is 0.225 e. The Morgan fingerprint density at radius 2 is 2.28 bits per heavy atom. The molecular weight excluding hydrogens is 226 g/mol. The second-order valence-electron chi connectivity index (χ2n) is 5.16. The molecule has 0 radical (unpaired) electrons. The lowest BCUT2D eigenvalue weighted by Gasteiger charge is -2.26. The Kier molecular flexibility index (Phi) is 4.14. The highest BCUT2D eigenvalue weighted by molar-refractivity contribution is 5.31. The Bertz CT molecular complexity index is 406. The number of aryl methyl sites for hydroxylation is 1. The summed E-state index contributed by atoms with van der Waals surface area (Å²) in [5.74, 6) is 0.788. The monoisotopic (exact) mass is 249 g/mol. The van der Waals surface area contributed by atoms with Gasteiger partial charge in [0, 0.05) is 31.9 Å². The van der Waals surface area contributed by atoms with Crippen molar-refractivity contribution in [3.8, 4) is 0 Å². The van der Waals surface area contributed by atoms with Crippen LogP contribution in [-0.4, -0.2) is 48.1 Å². The molecule has 1 aliphatic heterocycles. The van der Waals surface area contributed by atoms with Gasteiger partial charge < -0.3 is 15.5 Å². The van der Waals surface area contributed by atoms with Crippen LogP contribution in [0.15, 0.2) is 6.07 Å². The molecule has 5 heteroatoms. The fourth-order valence-corrected chi connectivity index (χ4v) is 2.50. The Morgan fingerprint density at radius 3 is 2.89 bits per heavy atom. The first kappa shape index (κ1) is 13.2. The van der Waals surface area contributed by atoms with Crippen molar-refractivity contribution in [1.29, 1.82) is 0 Å². The maximum Gasteiger partial charge on any atom is 0.225 e. The van der Waals surface area contributed by atoms with E-state index in [-0.39, 0.29) is 0 Å². The zero-order valence-corrected chi connectivity index (χ0v) is 11.6. The molecule has 0 amide bonds. The third kappa shape index (κ3) is 2.97. The SMILES string of the molecule is Cc1cc(CN)nc(N(C)CC2CCCN2C)n1. The van der Waals surface area contributed by atoms with Gasteiger partial charge in [0.25, 0.3) is 0 Å². The highest BCUT2D eigenvalue weighted by atomic mass is 15.3. The number of aromatic nitrogens is 2. The molecular formula is C13H23N5. The highest BCUT2D eigenvalue weighted by Crippen LogP contribution is 2.17.